The Morgan fingerprint density at radius 2 is 2.25 bits per heavy atom. The second kappa shape index (κ2) is 4.51. The Balaban J connectivity index is 1.93. The van der Waals surface area contributed by atoms with Crippen LogP contribution in [0.25, 0.3) is 10.9 Å². The highest BCUT2D eigenvalue weighted by Crippen LogP contribution is 2.39. The van der Waals surface area contributed by atoms with Crippen molar-refractivity contribution < 1.29 is 0 Å². The lowest BCUT2D eigenvalue weighted by atomic mass is 9.92. The number of nitrogens with one attached hydrogen (secondary N) is 2. The van der Waals surface area contributed by atoms with Gasteiger partial charge in [0.15, 0.2) is 0 Å². The number of anilines is 2. The van der Waals surface area contributed by atoms with Gasteiger partial charge in [-0.15, -0.1) is 0 Å². The molecule has 1 aromatic carbocycles. The van der Waals surface area contributed by atoms with Crippen LogP contribution >= 0.6 is 0 Å². The molecule has 106 valence electrons. The number of nitrogen functional groups attached to an aromatic ring is 1. The summed E-state index contributed by atoms with van der Waals surface area (Å²) in [5.41, 5.74) is 8.43. The molecule has 2 aromatic rings. The SMILES string of the molecule is CC1(C)CCC(Nc2cc3nc[nH]c(=O)c3cc2N)C1. The van der Waals surface area contributed by atoms with E-state index in [0.717, 1.165) is 18.5 Å². The third-order valence-electron chi connectivity index (χ3n) is 4.14. The molecule has 5 nitrogen and oxygen atoms in total. The monoisotopic (exact) mass is 272 g/mol. The van der Waals surface area contributed by atoms with Crippen molar-refractivity contribution in [3.05, 3.63) is 28.8 Å². The molecular weight excluding hydrogens is 252 g/mol. The minimum absolute atomic E-state index is 0.157. The number of benzene rings is 1. The smallest absolute Gasteiger partial charge is 0.258 e. The minimum Gasteiger partial charge on any atom is -0.397 e. The van der Waals surface area contributed by atoms with Crippen molar-refractivity contribution >= 4 is 22.3 Å². The predicted octanol–water partition coefficient (Wildman–Crippen LogP) is 2.50. The van der Waals surface area contributed by atoms with E-state index in [1.807, 2.05) is 6.07 Å². The van der Waals surface area contributed by atoms with Gasteiger partial charge in [0.2, 0.25) is 0 Å². The number of fused-ring (bicyclic) bond motifs is 1. The summed E-state index contributed by atoms with van der Waals surface area (Å²) in [6, 6.07) is 4.00. The molecule has 1 saturated carbocycles. The van der Waals surface area contributed by atoms with E-state index in [1.165, 1.54) is 12.7 Å². The average Bonchev–Trinajstić information content (AvgIpc) is 2.71. The number of hydrogen-bond donors (Lipinski definition) is 3. The first-order valence-electron chi connectivity index (χ1n) is 6.98. The van der Waals surface area contributed by atoms with Gasteiger partial charge in [-0.2, -0.15) is 0 Å². The number of hydrogen-bond acceptors (Lipinski definition) is 4. The molecule has 1 aromatic heterocycles. The van der Waals surface area contributed by atoms with Crippen LogP contribution in [0.1, 0.15) is 33.1 Å². The molecule has 1 aliphatic rings. The number of aromatic nitrogens is 2. The van der Waals surface area contributed by atoms with Gasteiger partial charge in [0.05, 0.1) is 28.6 Å². The summed E-state index contributed by atoms with van der Waals surface area (Å²) in [6.45, 7) is 4.58. The van der Waals surface area contributed by atoms with Gasteiger partial charge >= 0.3 is 0 Å². The van der Waals surface area contributed by atoms with E-state index in [9.17, 15) is 4.79 Å². The lowest BCUT2D eigenvalue weighted by molar-refractivity contribution is 0.378. The molecule has 3 rings (SSSR count). The number of aromatic amines is 1. The summed E-state index contributed by atoms with van der Waals surface area (Å²) in [7, 11) is 0. The molecule has 1 atom stereocenters. The van der Waals surface area contributed by atoms with E-state index in [-0.39, 0.29) is 5.56 Å². The zero-order valence-corrected chi connectivity index (χ0v) is 11.9. The molecule has 20 heavy (non-hydrogen) atoms. The van der Waals surface area contributed by atoms with Gasteiger partial charge in [-0.3, -0.25) is 4.79 Å². The third kappa shape index (κ3) is 2.35. The largest absolute Gasteiger partial charge is 0.397 e. The Hall–Kier alpha value is -2.04. The number of nitrogens with two attached hydrogens (primary N) is 1. The van der Waals surface area contributed by atoms with Crippen LogP contribution in [0.2, 0.25) is 0 Å². The topological polar surface area (TPSA) is 83.8 Å². The highest BCUT2D eigenvalue weighted by molar-refractivity contribution is 5.88. The van der Waals surface area contributed by atoms with Crippen molar-refractivity contribution in [2.45, 2.75) is 39.2 Å². The first kappa shape index (κ1) is 13.0. The van der Waals surface area contributed by atoms with Gasteiger partial charge in [-0.1, -0.05) is 13.8 Å². The molecule has 0 aliphatic heterocycles. The molecule has 1 heterocycles. The molecule has 0 spiro atoms. The zero-order valence-electron chi connectivity index (χ0n) is 11.9. The first-order valence-corrected chi connectivity index (χ1v) is 6.98. The van der Waals surface area contributed by atoms with E-state index < -0.39 is 0 Å². The Bertz CT molecular complexity index is 705. The van der Waals surface area contributed by atoms with Gasteiger partial charge in [-0.25, -0.2) is 4.98 Å². The Kier molecular flexibility index (Phi) is 2.92. The van der Waals surface area contributed by atoms with Crippen LogP contribution in [0.3, 0.4) is 0 Å². The Morgan fingerprint density at radius 3 is 2.95 bits per heavy atom. The standard InChI is InChI=1S/C15H20N4O/c1-15(2)4-3-9(7-15)19-13-6-12-10(5-11(13)16)14(20)18-8-17-12/h5-6,8-9,19H,3-4,7,16H2,1-2H3,(H,17,18,20). The van der Waals surface area contributed by atoms with Gasteiger partial charge in [-0.05, 0) is 36.8 Å². The van der Waals surface area contributed by atoms with Crippen LogP contribution in [0.15, 0.2) is 23.3 Å². The van der Waals surface area contributed by atoms with Crippen molar-refractivity contribution in [2.75, 3.05) is 11.1 Å². The molecule has 0 bridgehead atoms. The fourth-order valence-electron chi connectivity index (χ4n) is 3.04. The van der Waals surface area contributed by atoms with Crippen molar-refractivity contribution in [2.24, 2.45) is 5.41 Å². The zero-order chi connectivity index (χ0) is 14.3. The summed E-state index contributed by atoms with van der Waals surface area (Å²) in [5, 5.41) is 4.03. The maximum Gasteiger partial charge on any atom is 0.258 e. The van der Waals surface area contributed by atoms with E-state index in [0.29, 0.717) is 28.0 Å². The first-order chi connectivity index (χ1) is 9.44. The molecule has 0 saturated heterocycles. The molecule has 5 heteroatoms. The fraction of sp³-hybridized carbons (Fsp3) is 0.467. The highest BCUT2D eigenvalue weighted by atomic mass is 16.1. The lowest BCUT2D eigenvalue weighted by Crippen LogP contribution is -2.18. The van der Waals surface area contributed by atoms with Crippen molar-refractivity contribution in [3.63, 3.8) is 0 Å². The van der Waals surface area contributed by atoms with Crippen molar-refractivity contribution in [3.8, 4) is 0 Å². The summed E-state index contributed by atoms with van der Waals surface area (Å²) < 4.78 is 0. The van der Waals surface area contributed by atoms with Gasteiger partial charge < -0.3 is 16.0 Å². The number of H-pyrrole nitrogens is 1. The van der Waals surface area contributed by atoms with Crippen molar-refractivity contribution in [1.82, 2.24) is 9.97 Å². The van der Waals surface area contributed by atoms with Crippen LogP contribution in [-0.2, 0) is 0 Å². The highest BCUT2D eigenvalue weighted by Gasteiger charge is 2.31. The minimum atomic E-state index is -0.157. The number of rotatable bonds is 2. The molecule has 0 radical (unpaired) electrons. The molecule has 1 aliphatic carbocycles. The molecular formula is C15H20N4O. The maximum absolute atomic E-state index is 11.7. The summed E-state index contributed by atoms with van der Waals surface area (Å²) in [6.07, 6.45) is 4.92. The second-order valence-corrected chi connectivity index (χ2v) is 6.44. The van der Waals surface area contributed by atoms with Crippen molar-refractivity contribution in [1.29, 1.82) is 0 Å². The molecule has 4 N–H and O–H groups in total. The van der Waals surface area contributed by atoms with E-state index in [2.05, 4.69) is 29.1 Å². The summed E-state index contributed by atoms with van der Waals surface area (Å²) >= 11 is 0. The fourth-order valence-corrected chi connectivity index (χ4v) is 3.04. The predicted molar refractivity (Wildman–Crippen MR) is 81.8 cm³/mol. The van der Waals surface area contributed by atoms with Gasteiger partial charge in [0.25, 0.3) is 5.56 Å². The van der Waals surface area contributed by atoms with Gasteiger partial charge in [0.1, 0.15) is 0 Å². The van der Waals surface area contributed by atoms with E-state index in [1.54, 1.807) is 6.07 Å². The normalized spacial score (nSPS) is 21.2. The van der Waals surface area contributed by atoms with Crippen LogP contribution in [-0.4, -0.2) is 16.0 Å². The quantitative estimate of drug-likeness (QED) is 0.733. The average molecular weight is 272 g/mol. The number of nitrogens with zero attached hydrogens (tertiary/aromatic N) is 1. The third-order valence-corrected chi connectivity index (χ3v) is 4.14. The molecule has 0 amide bonds. The summed E-state index contributed by atoms with van der Waals surface area (Å²) in [4.78, 5) is 18.5. The second-order valence-electron chi connectivity index (χ2n) is 6.44. The van der Waals surface area contributed by atoms with Gasteiger partial charge in [0, 0.05) is 6.04 Å². The van der Waals surface area contributed by atoms with E-state index in [4.69, 9.17) is 5.73 Å². The lowest BCUT2D eigenvalue weighted by Gasteiger charge is -2.19. The van der Waals surface area contributed by atoms with Crippen LogP contribution in [0.5, 0.6) is 0 Å². The van der Waals surface area contributed by atoms with Crippen LogP contribution in [0, 0.1) is 5.41 Å². The Morgan fingerprint density at radius 1 is 1.45 bits per heavy atom. The molecule has 1 unspecified atom stereocenters. The van der Waals surface area contributed by atoms with Crippen LogP contribution < -0.4 is 16.6 Å². The Labute approximate surface area is 117 Å². The molecule has 1 fully saturated rings. The summed E-state index contributed by atoms with van der Waals surface area (Å²) in [5.74, 6) is 0. The van der Waals surface area contributed by atoms with Crippen LogP contribution in [0.4, 0.5) is 11.4 Å². The van der Waals surface area contributed by atoms with E-state index >= 15 is 0 Å². The maximum atomic E-state index is 11.7.